The highest BCUT2D eigenvalue weighted by Crippen LogP contribution is 2.42. The fourth-order valence-corrected chi connectivity index (χ4v) is 8.86. The minimum atomic E-state index is 1.04. The minimum absolute atomic E-state index is 1.04. The number of hydrogen-bond acceptors (Lipinski definition) is 1. The van der Waals surface area contributed by atoms with E-state index in [1.54, 1.807) is 0 Å². The monoisotopic (exact) mass is 703 g/mol. The second-order valence-electron chi connectivity index (χ2n) is 14.5. The van der Waals surface area contributed by atoms with Crippen LogP contribution in [0.15, 0.2) is 194 Å². The average molecular weight is 704 g/mol. The van der Waals surface area contributed by atoms with Crippen LogP contribution in [0.25, 0.3) is 72.1 Å². The summed E-state index contributed by atoms with van der Waals surface area (Å²) in [6, 6.07) is 68.5. The van der Waals surface area contributed by atoms with Crippen molar-refractivity contribution in [2.24, 2.45) is 0 Å². The zero-order valence-corrected chi connectivity index (χ0v) is 30.3. The topological polar surface area (TPSA) is 13.1 Å². The number of para-hydroxylation sites is 3. The SMILES string of the molecule is C1=Cc2c(n(-c3ccc(N(c4ccc(-c5ccc6c(c5)c5ccccc5n6-c5ccccc5)cc4)c4cccc5ccccc45)cc3)c3ccccc23)CC1. The molecule has 1 aliphatic carbocycles. The first kappa shape index (κ1) is 31.4. The summed E-state index contributed by atoms with van der Waals surface area (Å²) < 4.78 is 4.83. The largest absolute Gasteiger partial charge is 0.313 e. The van der Waals surface area contributed by atoms with Crippen LogP contribution in [0.3, 0.4) is 0 Å². The molecule has 0 N–H and O–H groups in total. The van der Waals surface area contributed by atoms with Crippen molar-refractivity contribution in [3.05, 3.63) is 205 Å². The van der Waals surface area contributed by atoms with E-state index in [0.717, 1.165) is 29.9 Å². The van der Waals surface area contributed by atoms with Gasteiger partial charge < -0.3 is 14.0 Å². The quantitative estimate of drug-likeness (QED) is 0.168. The molecule has 0 amide bonds. The van der Waals surface area contributed by atoms with Gasteiger partial charge in [-0.15, -0.1) is 0 Å². The van der Waals surface area contributed by atoms with Gasteiger partial charge in [0.15, 0.2) is 0 Å². The summed E-state index contributed by atoms with van der Waals surface area (Å²) in [5.41, 5.74) is 14.6. The van der Waals surface area contributed by atoms with Crippen LogP contribution in [0.1, 0.15) is 17.7 Å². The molecule has 11 rings (SSSR count). The number of nitrogens with zero attached hydrogens (tertiary/aromatic N) is 3. The number of anilines is 3. The van der Waals surface area contributed by atoms with Crippen molar-refractivity contribution in [1.29, 1.82) is 0 Å². The van der Waals surface area contributed by atoms with Gasteiger partial charge >= 0.3 is 0 Å². The lowest BCUT2D eigenvalue weighted by Gasteiger charge is -2.27. The maximum atomic E-state index is 2.46. The number of fused-ring (bicyclic) bond motifs is 7. The highest BCUT2D eigenvalue weighted by molar-refractivity contribution is 6.10. The molecule has 55 heavy (non-hydrogen) atoms. The van der Waals surface area contributed by atoms with Gasteiger partial charge in [0.25, 0.3) is 0 Å². The Hall–Kier alpha value is -7.10. The Balaban J connectivity index is 1.02. The van der Waals surface area contributed by atoms with Crippen LogP contribution in [0.5, 0.6) is 0 Å². The van der Waals surface area contributed by atoms with Crippen molar-refractivity contribution in [2.45, 2.75) is 12.8 Å². The second kappa shape index (κ2) is 12.8. The number of benzene rings is 8. The zero-order valence-electron chi connectivity index (χ0n) is 30.3. The van der Waals surface area contributed by atoms with E-state index in [4.69, 9.17) is 0 Å². The summed E-state index contributed by atoms with van der Waals surface area (Å²) in [6.07, 6.45) is 6.72. The van der Waals surface area contributed by atoms with Crippen molar-refractivity contribution < 1.29 is 0 Å². The number of aromatic nitrogens is 2. The first-order valence-corrected chi connectivity index (χ1v) is 19.2. The van der Waals surface area contributed by atoms with Gasteiger partial charge in [-0.2, -0.15) is 0 Å². The maximum Gasteiger partial charge on any atom is 0.0541 e. The Bertz CT molecular complexity index is 3070. The molecule has 2 heterocycles. The molecule has 0 aliphatic heterocycles. The van der Waals surface area contributed by atoms with Gasteiger partial charge in [-0.3, -0.25) is 0 Å². The molecule has 3 heteroatoms. The summed E-state index contributed by atoms with van der Waals surface area (Å²) in [5.74, 6) is 0. The van der Waals surface area contributed by atoms with Crippen LogP contribution in [0.2, 0.25) is 0 Å². The van der Waals surface area contributed by atoms with E-state index in [-0.39, 0.29) is 0 Å². The lowest BCUT2D eigenvalue weighted by atomic mass is 10.0. The van der Waals surface area contributed by atoms with Crippen LogP contribution in [0.4, 0.5) is 17.1 Å². The third-order valence-electron chi connectivity index (χ3n) is 11.4. The van der Waals surface area contributed by atoms with E-state index in [0.29, 0.717) is 0 Å². The first-order valence-electron chi connectivity index (χ1n) is 19.2. The fourth-order valence-electron chi connectivity index (χ4n) is 8.86. The van der Waals surface area contributed by atoms with Crippen molar-refractivity contribution in [1.82, 2.24) is 9.13 Å². The molecule has 1 aliphatic rings. The van der Waals surface area contributed by atoms with Crippen LogP contribution in [-0.2, 0) is 6.42 Å². The third kappa shape index (κ3) is 5.12. The molecular weight excluding hydrogens is 667 g/mol. The Morgan fingerprint density at radius 3 is 1.82 bits per heavy atom. The molecule has 0 unspecified atom stereocenters. The molecule has 0 atom stereocenters. The summed E-state index contributed by atoms with van der Waals surface area (Å²) in [4.78, 5) is 2.40. The Morgan fingerprint density at radius 2 is 1.02 bits per heavy atom. The Morgan fingerprint density at radius 1 is 0.418 bits per heavy atom. The summed E-state index contributed by atoms with van der Waals surface area (Å²) in [6.45, 7) is 0. The molecule has 2 aromatic heterocycles. The van der Waals surface area contributed by atoms with E-state index >= 15 is 0 Å². The maximum absolute atomic E-state index is 2.46. The van der Waals surface area contributed by atoms with Crippen molar-refractivity contribution in [3.8, 4) is 22.5 Å². The van der Waals surface area contributed by atoms with Gasteiger partial charge in [0, 0.05) is 55.6 Å². The predicted molar refractivity (Wildman–Crippen MR) is 233 cm³/mol. The van der Waals surface area contributed by atoms with Crippen molar-refractivity contribution in [2.75, 3.05) is 4.90 Å². The molecule has 10 aromatic rings. The molecule has 0 spiro atoms. The third-order valence-corrected chi connectivity index (χ3v) is 11.4. The lowest BCUT2D eigenvalue weighted by molar-refractivity contribution is 0.888. The molecule has 8 aromatic carbocycles. The molecular formula is C52H37N3. The Kier molecular flexibility index (Phi) is 7.31. The van der Waals surface area contributed by atoms with Crippen molar-refractivity contribution in [3.63, 3.8) is 0 Å². The lowest BCUT2D eigenvalue weighted by Crippen LogP contribution is -2.11. The van der Waals surface area contributed by atoms with Gasteiger partial charge in [-0.25, -0.2) is 0 Å². The average Bonchev–Trinajstić information content (AvgIpc) is 3.77. The predicted octanol–water partition coefficient (Wildman–Crippen LogP) is 14.0. The van der Waals surface area contributed by atoms with Gasteiger partial charge in [-0.05, 0) is 108 Å². The fraction of sp³-hybridized carbons (Fsp3) is 0.0385. The molecule has 0 fully saturated rings. The van der Waals surface area contributed by atoms with E-state index in [2.05, 4.69) is 214 Å². The molecule has 0 radical (unpaired) electrons. The second-order valence-corrected chi connectivity index (χ2v) is 14.5. The van der Waals surface area contributed by atoms with E-state index < -0.39 is 0 Å². The molecule has 260 valence electrons. The van der Waals surface area contributed by atoms with Gasteiger partial charge in [0.05, 0.1) is 22.2 Å². The highest BCUT2D eigenvalue weighted by Gasteiger charge is 2.20. The Labute approximate surface area is 320 Å². The standard InChI is InChI=1S/C52H37N3/c1-2-15-39(16-3-1)54-51-23-11-8-20-46(51)47-35-38(27-34-52(47)54)36-25-28-40(29-26-36)53(48-24-12-14-37-13-4-5-17-43(37)48)41-30-32-42(33-31-41)55-49-21-9-6-18-44(49)45-19-7-10-22-50(45)55/h1-9,11-21,23-35H,10,22H2. The van der Waals surface area contributed by atoms with Gasteiger partial charge in [0.1, 0.15) is 0 Å². The molecule has 0 saturated carbocycles. The van der Waals surface area contributed by atoms with Crippen LogP contribution < -0.4 is 4.90 Å². The van der Waals surface area contributed by atoms with E-state index in [9.17, 15) is 0 Å². The van der Waals surface area contributed by atoms with Crippen molar-refractivity contribution >= 4 is 66.6 Å². The highest BCUT2D eigenvalue weighted by atomic mass is 15.1. The van der Waals surface area contributed by atoms with E-state index in [1.165, 1.54) is 77.2 Å². The van der Waals surface area contributed by atoms with Gasteiger partial charge in [0.2, 0.25) is 0 Å². The molecule has 0 saturated heterocycles. The van der Waals surface area contributed by atoms with Crippen LogP contribution >= 0.6 is 0 Å². The number of rotatable bonds is 6. The molecule has 0 bridgehead atoms. The zero-order chi connectivity index (χ0) is 36.3. The minimum Gasteiger partial charge on any atom is -0.313 e. The summed E-state index contributed by atoms with van der Waals surface area (Å²) in [7, 11) is 0. The van der Waals surface area contributed by atoms with Crippen LogP contribution in [0, 0.1) is 0 Å². The van der Waals surface area contributed by atoms with Crippen LogP contribution in [-0.4, -0.2) is 9.13 Å². The molecule has 3 nitrogen and oxygen atoms in total. The van der Waals surface area contributed by atoms with Gasteiger partial charge in [-0.1, -0.05) is 121 Å². The first-order chi connectivity index (χ1) is 27.3. The smallest absolute Gasteiger partial charge is 0.0541 e. The number of hydrogen-bond donors (Lipinski definition) is 0. The van der Waals surface area contributed by atoms with E-state index in [1.807, 2.05) is 0 Å². The number of allylic oxidation sites excluding steroid dienone is 1. The normalized spacial score (nSPS) is 12.5. The summed E-state index contributed by atoms with van der Waals surface area (Å²) in [5, 5.41) is 6.27. The summed E-state index contributed by atoms with van der Waals surface area (Å²) >= 11 is 0.